The predicted molar refractivity (Wildman–Crippen MR) is 90.5 cm³/mol. The van der Waals surface area contributed by atoms with E-state index in [1.165, 1.54) is 11.1 Å². The molecule has 2 aromatic rings. The van der Waals surface area contributed by atoms with Gasteiger partial charge in [-0.05, 0) is 48.6 Å². The average Bonchev–Trinajstić information content (AvgIpc) is 2.52. The van der Waals surface area contributed by atoms with Crippen molar-refractivity contribution in [1.82, 2.24) is 0 Å². The lowest BCUT2D eigenvalue weighted by molar-refractivity contribution is -0.137. The molecule has 0 bridgehead atoms. The Hall–Kier alpha value is -2.62. The van der Waals surface area contributed by atoms with Gasteiger partial charge in [0.25, 0.3) is 0 Å². The Balaban J connectivity index is 1.89. The first-order valence-electron chi connectivity index (χ1n) is 7.69. The molecule has 0 aromatic heterocycles. The normalized spacial score (nSPS) is 10.3. The molecule has 0 heterocycles. The molecule has 0 fully saturated rings. The monoisotopic (exact) mass is 311 g/mol. The Morgan fingerprint density at radius 1 is 1.00 bits per heavy atom. The molecule has 4 heteroatoms. The highest BCUT2D eigenvalue weighted by atomic mass is 16.4. The summed E-state index contributed by atoms with van der Waals surface area (Å²) in [6, 6.07) is 15.4. The molecule has 0 spiro atoms. The number of carbonyl (C=O) groups excluding carboxylic acids is 1. The summed E-state index contributed by atoms with van der Waals surface area (Å²) >= 11 is 0. The Bertz CT molecular complexity index is 695. The van der Waals surface area contributed by atoms with Crippen LogP contribution in [0.1, 0.15) is 29.5 Å². The van der Waals surface area contributed by atoms with Crippen LogP contribution in [0.5, 0.6) is 0 Å². The number of hydrogen-bond acceptors (Lipinski definition) is 2. The Labute approximate surface area is 136 Å². The minimum Gasteiger partial charge on any atom is -0.481 e. The summed E-state index contributed by atoms with van der Waals surface area (Å²) in [5, 5.41) is 11.6. The van der Waals surface area contributed by atoms with Gasteiger partial charge in [-0.3, -0.25) is 9.59 Å². The number of anilines is 1. The van der Waals surface area contributed by atoms with E-state index >= 15 is 0 Å². The fourth-order valence-corrected chi connectivity index (χ4v) is 2.42. The third kappa shape index (κ3) is 5.58. The van der Waals surface area contributed by atoms with E-state index in [9.17, 15) is 9.59 Å². The van der Waals surface area contributed by atoms with Gasteiger partial charge < -0.3 is 10.4 Å². The van der Waals surface area contributed by atoms with Crippen molar-refractivity contribution in [3.63, 3.8) is 0 Å². The molecule has 1 amide bonds. The topological polar surface area (TPSA) is 66.4 Å². The van der Waals surface area contributed by atoms with Crippen molar-refractivity contribution in [2.24, 2.45) is 0 Å². The SMILES string of the molecule is Cc1ccccc1CCC(=O)Nc1cccc(CCC(=O)O)c1. The molecule has 0 saturated heterocycles. The Morgan fingerprint density at radius 3 is 2.52 bits per heavy atom. The van der Waals surface area contributed by atoms with E-state index in [0.717, 1.165) is 5.56 Å². The number of carboxylic acids is 1. The van der Waals surface area contributed by atoms with E-state index in [4.69, 9.17) is 5.11 Å². The maximum Gasteiger partial charge on any atom is 0.303 e. The summed E-state index contributed by atoms with van der Waals surface area (Å²) in [5.41, 5.74) is 3.99. The smallest absolute Gasteiger partial charge is 0.303 e. The van der Waals surface area contributed by atoms with Crippen molar-refractivity contribution in [2.45, 2.75) is 32.6 Å². The third-order valence-corrected chi connectivity index (χ3v) is 3.72. The highest BCUT2D eigenvalue weighted by Crippen LogP contribution is 2.14. The van der Waals surface area contributed by atoms with Gasteiger partial charge in [-0.25, -0.2) is 0 Å². The van der Waals surface area contributed by atoms with Crippen LogP contribution in [0.25, 0.3) is 0 Å². The van der Waals surface area contributed by atoms with Crippen LogP contribution >= 0.6 is 0 Å². The molecule has 23 heavy (non-hydrogen) atoms. The largest absolute Gasteiger partial charge is 0.481 e. The van der Waals surface area contributed by atoms with Gasteiger partial charge in [-0.1, -0.05) is 36.4 Å². The maximum absolute atomic E-state index is 12.1. The molecule has 0 unspecified atom stereocenters. The zero-order chi connectivity index (χ0) is 16.7. The van der Waals surface area contributed by atoms with Crippen LogP contribution in [-0.4, -0.2) is 17.0 Å². The molecule has 0 saturated carbocycles. The third-order valence-electron chi connectivity index (χ3n) is 3.72. The van der Waals surface area contributed by atoms with Gasteiger partial charge in [0.15, 0.2) is 0 Å². The maximum atomic E-state index is 12.1. The van der Waals surface area contributed by atoms with Crippen molar-refractivity contribution >= 4 is 17.6 Å². The van der Waals surface area contributed by atoms with Gasteiger partial charge in [0, 0.05) is 18.5 Å². The predicted octanol–water partition coefficient (Wildman–Crippen LogP) is 3.58. The van der Waals surface area contributed by atoms with Crippen LogP contribution in [0.2, 0.25) is 0 Å². The van der Waals surface area contributed by atoms with Crippen LogP contribution in [0.15, 0.2) is 48.5 Å². The second-order valence-electron chi connectivity index (χ2n) is 5.57. The molecular weight excluding hydrogens is 290 g/mol. The van der Waals surface area contributed by atoms with Crippen LogP contribution in [0, 0.1) is 6.92 Å². The number of aliphatic carboxylic acids is 1. The van der Waals surface area contributed by atoms with Gasteiger partial charge in [-0.2, -0.15) is 0 Å². The fourth-order valence-electron chi connectivity index (χ4n) is 2.42. The van der Waals surface area contributed by atoms with Gasteiger partial charge >= 0.3 is 5.97 Å². The molecule has 2 aromatic carbocycles. The molecular formula is C19H21NO3. The summed E-state index contributed by atoms with van der Waals surface area (Å²) in [6.07, 6.45) is 1.67. The molecule has 4 nitrogen and oxygen atoms in total. The summed E-state index contributed by atoms with van der Waals surface area (Å²) in [5.74, 6) is -0.860. The second-order valence-corrected chi connectivity index (χ2v) is 5.57. The lowest BCUT2D eigenvalue weighted by Crippen LogP contribution is -2.12. The highest BCUT2D eigenvalue weighted by molar-refractivity contribution is 5.90. The van der Waals surface area contributed by atoms with Crippen molar-refractivity contribution in [1.29, 1.82) is 0 Å². The van der Waals surface area contributed by atoms with E-state index in [2.05, 4.69) is 5.32 Å². The number of benzene rings is 2. The number of hydrogen-bond donors (Lipinski definition) is 2. The van der Waals surface area contributed by atoms with E-state index in [1.807, 2.05) is 55.5 Å². The Kier molecular flexibility index (Phi) is 5.92. The molecule has 0 aliphatic rings. The van der Waals surface area contributed by atoms with Gasteiger partial charge in [-0.15, -0.1) is 0 Å². The summed E-state index contributed by atoms with van der Waals surface area (Å²) < 4.78 is 0. The number of rotatable bonds is 7. The zero-order valence-electron chi connectivity index (χ0n) is 13.2. The fraction of sp³-hybridized carbons (Fsp3) is 0.263. The molecule has 120 valence electrons. The molecule has 2 rings (SSSR count). The minimum absolute atomic E-state index is 0.0383. The molecule has 0 aliphatic heterocycles. The average molecular weight is 311 g/mol. The van der Waals surface area contributed by atoms with Gasteiger partial charge in [0.1, 0.15) is 0 Å². The lowest BCUT2D eigenvalue weighted by atomic mass is 10.0. The van der Waals surface area contributed by atoms with Crippen LogP contribution in [0.3, 0.4) is 0 Å². The van der Waals surface area contributed by atoms with Crippen LogP contribution in [-0.2, 0) is 22.4 Å². The van der Waals surface area contributed by atoms with Crippen molar-refractivity contribution in [2.75, 3.05) is 5.32 Å². The minimum atomic E-state index is -0.822. The summed E-state index contributed by atoms with van der Waals surface area (Å²) in [4.78, 5) is 22.7. The first-order valence-corrected chi connectivity index (χ1v) is 7.69. The van der Waals surface area contributed by atoms with Crippen LogP contribution in [0.4, 0.5) is 5.69 Å². The number of nitrogens with one attached hydrogen (secondary N) is 1. The number of amides is 1. The van der Waals surface area contributed by atoms with Crippen molar-refractivity contribution < 1.29 is 14.7 Å². The van der Waals surface area contributed by atoms with E-state index in [0.29, 0.717) is 24.9 Å². The number of carbonyl (C=O) groups is 2. The highest BCUT2D eigenvalue weighted by Gasteiger charge is 2.06. The lowest BCUT2D eigenvalue weighted by Gasteiger charge is -2.08. The van der Waals surface area contributed by atoms with Gasteiger partial charge in [0.05, 0.1) is 0 Å². The number of carboxylic acid groups (broad SMARTS) is 1. The van der Waals surface area contributed by atoms with E-state index in [-0.39, 0.29) is 12.3 Å². The second kappa shape index (κ2) is 8.13. The Morgan fingerprint density at radius 2 is 1.78 bits per heavy atom. The van der Waals surface area contributed by atoms with Gasteiger partial charge in [0.2, 0.25) is 5.91 Å². The molecule has 2 N–H and O–H groups in total. The quantitative estimate of drug-likeness (QED) is 0.821. The standard InChI is InChI=1S/C19H21NO3/c1-14-5-2-3-7-16(14)10-11-18(21)20-17-8-4-6-15(13-17)9-12-19(22)23/h2-8,13H,9-12H2,1H3,(H,20,21)(H,22,23). The zero-order valence-corrected chi connectivity index (χ0v) is 13.2. The molecule has 0 aliphatic carbocycles. The number of aryl methyl sites for hydroxylation is 3. The van der Waals surface area contributed by atoms with Crippen molar-refractivity contribution in [3.8, 4) is 0 Å². The molecule has 0 radical (unpaired) electrons. The van der Waals surface area contributed by atoms with E-state index < -0.39 is 5.97 Å². The summed E-state index contributed by atoms with van der Waals surface area (Å²) in [6.45, 7) is 2.04. The summed E-state index contributed by atoms with van der Waals surface area (Å²) in [7, 11) is 0. The first kappa shape index (κ1) is 16.7. The first-order chi connectivity index (χ1) is 11.0. The molecule has 0 atom stereocenters. The van der Waals surface area contributed by atoms with Crippen LogP contribution < -0.4 is 5.32 Å². The van der Waals surface area contributed by atoms with E-state index in [1.54, 1.807) is 0 Å². The van der Waals surface area contributed by atoms with Crippen molar-refractivity contribution in [3.05, 3.63) is 65.2 Å².